The van der Waals surface area contributed by atoms with E-state index in [0.29, 0.717) is 0 Å². The van der Waals surface area contributed by atoms with Crippen molar-refractivity contribution in [1.29, 1.82) is 0 Å². The Kier molecular flexibility index (Phi) is 1.24. The number of hydrogen-bond acceptors (Lipinski definition) is 1. The Bertz CT molecular complexity index is 115. The van der Waals surface area contributed by atoms with Crippen molar-refractivity contribution in [2.75, 3.05) is 7.11 Å². The van der Waals surface area contributed by atoms with E-state index in [1.165, 1.54) is 0 Å². The maximum atomic E-state index is 12.4. The molecule has 0 saturated heterocycles. The van der Waals surface area contributed by atoms with Gasteiger partial charge in [0.15, 0.2) is 0 Å². The molecule has 0 aromatic carbocycles. The van der Waals surface area contributed by atoms with Crippen LogP contribution in [0.5, 0.6) is 0 Å². The van der Waals surface area contributed by atoms with Gasteiger partial charge >= 0.3 is 0 Å². The summed E-state index contributed by atoms with van der Waals surface area (Å²) >= 11 is 0. The number of hydrogen-bond donors (Lipinski definition) is 0. The van der Waals surface area contributed by atoms with Crippen molar-refractivity contribution in [3.63, 3.8) is 0 Å². The van der Waals surface area contributed by atoms with Crippen LogP contribution in [-0.4, -0.2) is 18.9 Å². The Hall–Kier alpha value is -0.250. The molecule has 0 amide bonds. The third-order valence-corrected chi connectivity index (χ3v) is 1.41. The summed E-state index contributed by atoms with van der Waals surface area (Å²) in [5.74, 6) is -4.89. The zero-order chi connectivity index (χ0) is 7.12. The lowest BCUT2D eigenvalue weighted by Crippen LogP contribution is -2.49. The van der Waals surface area contributed by atoms with Crippen molar-refractivity contribution in [1.82, 2.24) is 0 Å². The Morgan fingerprint density at radius 2 is 1.67 bits per heavy atom. The summed E-state index contributed by atoms with van der Waals surface area (Å²) in [6.45, 7) is 0. The van der Waals surface area contributed by atoms with Crippen molar-refractivity contribution in [3.8, 4) is 0 Å². The van der Waals surface area contributed by atoms with Gasteiger partial charge in [0.05, 0.1) is 12.8 Å². The van der Waals surface area contributed by atoms with Gasteiger partial charge in [-0.15, -0.1) is 0 Å². The van der Waals surface area contributed by atoms with E-state index in [1.54, 1.807) is 0 Å². The maximum absolute atomic E-state index is 12.4. The Labute approximate surface area is 50.8 Å². The van der Waals surface area contributed by atoms with Crippen molar-refractivity contribution < 1.29 is 17.9 Å². The van der Waals surface area contributed by atoms with E-state index in [2.05, 4.69) is 4.74 Å². The Morgan fingerprint density at radius 3 is 1.78 bits per heavy atom. The van der Waals surface area contributed by atoms with E-state index in [4.69, 9.17) is 0 Å². The van der Waals surface area contributed by atoms with E-state index in [9.17, 15) is 13.2 Å². The van der Waals surface area contributed by atoms with Crippen molar-refractivity contribution in [2.24, 2.45) is 0 Å². The molecule has 0 aliphatic heterocycles. The van der Waals surface area contributed by atoms with Gasteiger partial charge in [-0.05, 0) is 0 Å². The van der Waals surface area contributed by atoms with Gasteiger partial charge in [0, 0.05) is 7.11 Å². The fraction of sp³-hybridized carbons (Fsp3) is 1.00. The predicted octanol–water partition coefficient (Wildman–Crippen LogP) is 1.73. The number of alkyl halides is 3. The highest BCUT2D eigenvalue weighted by Crippen LogP contribution is 2.48. The van der Waals surface area contributed by atoms with E-state index < -0.39 is 24.6 Å². The molecular formula is C5H7F3O. The number of rotatable bonds is 1. The summed E-state index contributed by atoms with van der Waals surface area (Å²) < 4.78 is 40.4. The van der Waals surface area contributed by atoms with Crippen LogP contribution in [0.1, 0.15) is 12.8 Å². The number of halogens is 3. The molecule has 0 atom stereocenters. The lowest BCUT2D eigenvalue weighted by molar-refractivity contribution is -0.278. The van der Waals surface area contributed by atoms with Crippen LogP contribution < -0.4 is 0 Å². The Balaban J connectivity index is 2.41. The zero-order valence-electron chi connectivity index (χ0n) is 4.96. The highest BCUT2D eigenvalue weighted by atomic mass is 19.3. The van der Waals surface area contributed by atoms with Crippen LogP contribution in [0.25, 0.3) is 0 Å². The summed E-state index contributed by atoms with van der Waals surface area (Å²) in [6, 6.07) is 0. The number of ether oxygens (including phenoxy) is 1. The van der Waals surface area contributed by atoms with E-state index in [-0.39, 0.29) is 0 Å². The van der Waals surface area contributed by atoms with Crippen molar-refractivity contribution >= 4 is 0 Å². The van der Waals surface area contributed by atoms with Gasteiger partial charge in [0.2, 0.25) is 5.85 Å². The molecule has 0 aromatic rings. The average Bonchev–Trinajstić information content (AvgIpc) is 1.61. The monoisotopic (exact) mass is 140 g/mol. The normalized spacial score (nSPS) is 29.3. The van der Waals surface area contributed by atoms with Crippen LogP contribution in [-0.2, 0) is 4.74 Å². The van der Waals surface area contributed by atoms with Crippen molar-refractivity contribution in [3.05, 3.63) is 0 Å². The lowest BCUT2D eigenvalue weighted by atomic mass is 9.88. The second-order valence-electron chi connectivity index (χ2n) is 2.30. The van der Waals surface area contributed by atoms with Crippen LogP contribution in [0.3, 0.4) is 0 Å². The quantitative estimate of drug-likeness (QED) is 0.539. The van der Waals surface area contributed by atoms with Gasteiger partial charge < -0.3 is 4.74 Å². The van der Waals surface area contributed by atoms with E-state index in [0.717, 1.165) is 7.11 Å². The number of methoxy groups -OCH3 is 1. The SMILES string of the molecule is COC1(F)CC(F)(F)C1. The van der Waals surface area contributed by atoms with Crippen LogP contribution >= 0.6 is 0 Å². The molecule has 54 valence electrons. The smallest absolute Gasteiger partial charge is 0.259 e. The van der Waals surface area contributed by atoms with E-state index >= 15 is 0 Å². The van der Waals surface area contributed by atoms with Crippen molar-refractivity contribution in [2.45, 2.75) is 24.6 Å². The van der Waals surface area contributed by atoms with Gasteiger partial charge in [-0.1, -0.05) is 0 Å². The molecule has 0 heterocycles. The summed E-state index contributed by atoms with van der Waals surface area (Å²) in [4.78, 5) is 0. The summed E-state index contributed by atoms with van der Waals surface area (Å²) in [6.07, 6.45) is -1.59. The van der Waals surface area contributed by atoms with Gasteiger partial charge in [-0.3, -0.25) is 0 Å². The molecule has 0 N–H and O–H groups in total. The second-order valence-corrected chi connectivity index (χ2v) is 2.30. The van der Waals surface area contributed by atoms with E-state index in [1.807, 2.05) is 0 Å². The molecule has 1 aliphatic carbocycles. The first-order valence-electron chi connectivity index (χ1n) is 2.59. The van der Waals surface area contributed by atoms with Crippen LogP contribution in [0.4, 0.5) is 13.2 Å². The molecule has 9 heavy (non-hydrogen) atoms. The minimum Gasteiger partial charge on any atom is -0.349 e. The molecule has 1 fully saturated rings. The highest BCUT2D eigenvalue weighted by Gasteiger charge is 2.58. The molecule has 4 heteroatoms. The second kappa shape index (κ2) is 1.62. The third kappa shape index (κ3) is 1.18. The topological polar surface area (TPSA) is 9.23 Å². The summed E-state index contributed by atoms with van der Waals surface area (Å²) in [5.41, 5.74) is 0. The molecule has 1 rings (SSSR count). The van der Waals surface area contributed by atoms with Crippen LogP contribution in [0.15, 0.2) is 0 Å². The van der Waals surface area contributed by atoms with Gasteiger partial charge in [0.25, 0.3) is 5.92 Å². The molecule has 0 aromatic heterocycles. The molecule has 0 unspecified atom stereocenters. The predicted molar refractivity (Wildman–Crippen MR) is 25.0 cm³/mol. The maximum Gasteiger partial charge on any atom is 0.259 e. The zero-order valence-corrected chi connectivity index (χ0v) is 4.96. The third-order valence-electron chi connectivity index (χ3n) is 1.41. The first-order valence-corrected chi connectivity index (χ1v) is 2.59. The molecular weight excluding hydrogens is 133 g/mol. The molecule has 0 radical (unpaired) electrons. The average molecular weight is 140 g/mol. The fourth-order valence-electron chi connectivity index (χ4n) is 0.865. The lowest BCUT2D eigenvalue weighted by Gasteiger charge is -2.39. The molecule has 0 spiro atoms. The van der Waals surface area contributed by atoms with Crippen LogP contribution in [0, 0.1) is 0 Å². The fourth-order valence-corrected chi connectivity index (χ4v) is 0.865. The first-order chi connectivity index (χ1) is 3.97. The standard InChI is InChI=1S/C5H7F3O/c1-9-5(8)2-4(6,7)3-5/h2-3H2,1H3. The Morgan fingerprint density at radius 1 is 1.22 bits per heavy atom. The molecule has 1 aliphatic rings. The van der Waals surface area contributed by atoms with Crippen LogP contribution in [0.2, 0.25) is 0 Å². The molecule has 0 bridgehead atoms. The van der Waals surface area contributed by atoms with Gasteiger partial charge in [-0.2, -0.15) is 0 Å². The first kappa shape index (κ1) is 6.86. The minimum absolute atomic E-state index is 0.795. The largest absolute Gasteiger partial charge is 0.349 e. The highest BCUT2D eigenvalue weighted by molar-refractivity contribution is 4.93. The summed E-state index contributed by atoms with van der Waals surface area (Å²) in [5, 5.41) is 0. The summed E-state index contributed by atoms with van der Waals surface area (Å²) in [7, 11) is 1.09. The van der Waals surface area contributed by atoms with Gasteiger partial charge in [-0.25, -0.2) is 13.2 Å². The molecule has 1 saturated carbocycles. The molecule has 1 nitrogen and oxygen atoms in total. The van der Waals surface area contributed by atoms with Gasteiger partial charge in [0.1, 0.15) is 0 Å². The minimum atomic E-state index is -2.84.